The van der Waals surface area contributed by atoms with Crippen molar-refractivity contribution in [2.45, 2.75) is 4.21 Å². The smallest absolute Gasteiger partial charge is 0.227 e. The van der Waals surface area contributed by atoms with E-state index in [4.69, 9.17) is 5.14 Å². The predicted molar refractivity (Wildman–Crippen MR) is 34.9 cm³/mol. The molecule has 1 aromatic rings. The molecule has 1 rings (SSSR count). The Morgan fingerprint density at radius 3 is 2.75 bits per heavy atom. The summed E-state index contributed by atoms with van der Waals surface area (Å²) in [5, 5.41) is 6.89. The Kier molecular flexibility index (Phi) is 1.90. The van der Waals surface area contributed by atoms with Gasteiger partial charge in [-0.05, 0) is 11.4 Å². The second kappa shape index (κ2) is 2.50. The molecule has 4 heteroatoms. The minimum Gasteiger partial charge on any atom is -0.592 e. The van der Waals surface area contributed by atoms with E-state index in [0.29, 0.717) is 0 Å². The first kappa shape index (κ1) is 6.10. The maximum Gasteiger partial charge on any atom is 0.227 e. The summed E-state index contributed by atoms with van der Waals surface area (Å²) in [7, 11) is 0. The highest BCUT2D eigenvalue weighted by molar-refractivity contribution is 7.91. The quantitative estimate of drug-likeness (QED) is 0.595. The molecule has 0 aromatic carbocycles. The zero-order valence-electron chi connectivity index (χ0n) is 4.03. The Labute approximate surface area is 54.6 Å². The Bertz CT molecular complexity index is 149. The molecule has 8 heavy (non-hydrogen) atoms. The van der Waals surface area contributed by atoms with Crippen LogP contribution in [0, 0.1) is 0 Å². The Balaban J connectivity index is 2.77. The van der Waals surface area contributed by atoms with E-state index in [1.807, 2.05) is 11.4 Å². The lowest BCUT2D eigenvalue weighted by Gasteiger charge is -1.94. The highest BCUT2D eigenvalue weighted by atomic mass is 32.2. The Hall–Kier alpha value is -0.0300. The molecule has 0 aliphatic carbocycles. The molecule has 44 valence electrons. The van der Waals surface area contributed by atoms with Gasteiger partial charge in [-0.1, -0.05) is 11.3 Å². The van der Waals surface area contributed by atoms with Crippen LogP contribution in [0.2, 0.25) is 0 Å². The summed E-state index contributed by atoms with van der Waals surface area (Å²) in [5.74, 6) is 0. The van der Waals surface area contributed by atoms with Crippen LogP contribution < -0.4 is 5.14 Å². The molecule has 0 aliphatic rings. The van der Waals surface area contributed by atoms with Crippen molar-refractivity contribution in [2.24, 2.45) is 5.14 Å². The molecule has 0 aliphatic heterocycles. The van der Waals surface area contributed by atoms with E-state index in [9.17, 15) is 4.55 Å². The Morgan fingerprint density at radius 1 is 1.75 bits per heavy atom. The third kappa shape index (κ3) is 1.23. The van der Waals surface area contributed by atoms with Gasteiger partial charge in [-0.3, -0.25) is 0 Å². The lowest BCUT2D eigenvalue weighted by atomic mass is 10.7. The molecule has 1 unspecified atom stereocenters. The molecule has 0 spiro atoms. The van der Waals surface area contributed by atoms with Gasteiger partial charge in [0.2, 0.25) is 4.21 Å². The molecule has 2 N–H and O–H groups in total. The van der Waals surface area contributed by atoms with Crippen molar-refractivity contribution in [1.29, 1.82) is 0 Å². The number of thiophene rings is 1. The van der Waals surface area contributed by atoms with Gasteiger partial charge < -0.3 is 4.55 Å². The van der Waals surface area contributed by atoms with Gasteiger partial charge in [-0.15, -0.1) is 5.14 Å². The summed E-state index contributed by atoms with van der Waals surface area (Å²) >= 11 is 0.127. The summed E-state index contributed by atoms with van der Waals surface area (Å²) in [6, 6.07) is 3.57. The van der Waals surface area contributed by atoms with Crippen LogP contribution in [-0.2, 0) is 11.4 Å². The second-order valence-corrected chi connectivity index (χ2v) is 3.47. The first-order valence-corrected chi connectivity index (χ1v) is 4.09. The molecule has 0 saturated carbocycles. The van der Waals surface area contributed by atoms with Crippen molar-refractivity contribution in [3.8, 4) is 0 Å². The zero-order chi connectivity index (χ0) is 5.98. The van der Waals surface area contributed by atoms with Gasteiger partial charge in [0.15, 0.2) is 0 Å². The maximum absolute atomic E-state index is 10.4. The second-order valence-electron chi connectivity index (χ2n) is 1.23. The number of hydrogen-bond donors (Lipinski definition) is 1. The van der Waals surface area contributed by atoms with Crippen LogP contribution in [0.4, 0.5) is 0 Å². The minimum atomic E-state index is -1.28. The monoisotopic (exact) mass is 147 g/mol. The minimum absolute atomic E-state index is 0.727. The normalized spacial score (nSPS) is 13.8. The van der Waals surface area contributed by atoms with Gasteiger partial charge >= 0.3 is 0 Å². The Morgan fingerprint density at radius 2 is 2.50 bits per heavy atom. The summed E-state index contributed by atoms with van der Waals surface area (Å²) < 4.78 is 11.1. The van der Waals surface area contributed by atoms with E-state index in [-0.39, 0.29) is 0 Å². The molecule has 1 heterocycles. The molecule has 1 aromatic heterocycles. The molecule has 0 saturated heterocycles. The first-order chi connectivity index (χ1) is 3.80. The van der Waals surface area contributed by atoms with Crippen molar-refractivity contribution in [3.05, 3.63) is 17.5 Å². The third-order valence-electron chi connectivity index (χ3n) is 0.693. The summed E-state index contributed by atoms with van der Waals surface area (Å²) in [4.78, 5) is 0. The highest BCUT2D eigenvalue weighted by Gasteiger charge is 2.02. The van der Waals surface area contributed by atoms with Gasteiger partial charge in [-0.2, -0.15) is 0 Å². The van der Waals surface area contributed by atoms with Crippen molar-refractivity contribution >= 4 is 22.7 Å². The topological polar surface area (TPSA) is 49.1 Å². The van der Waals surface area contributed by atoms with E-state index in [0.717, 1.165) is 4.21 Å². The van der Waals surface area contributed by atoms with Gasteiger partial charge in [0.25, 0.3) is 0 Å². The van der Waals surface area contributed by atoms with Gasteiger partial charge in [0.05, 0.1) is 11.4 Å². The standard InChI is InChI=1S/C4H5NOS2/c5-8(6)4-2-1-3-7-4/h1-3H,5H2. The molecular formula is C4H5NOS2. The maximum atomic E-state index is 10.4. The molecular weight excluding hydrogens is 142 g/mol. The fourth-order valence-corrected chi connectivity index (χ4v) is 1.59. The molecule has 0 amide bonds. The van der Waals surface area contributed by atoms with E-state index in [1.54, 1.807) is 6.07 Å². The lowest BCUT2D eigenvalue weighted by Crippen LogP contribution is -2.09. The van der Waals surface area contributed by atoms with Crippen LogP contribution >= 0.6 is 11.3 Å². The summed E-state index contributed by atoms with van der Waals surface area (Å²) in [5.41, 5.74) is 0. The average Bonchev–Trinajstić information content (AvgIpc) is 2.12. The number of nitrogens with two attached hydrogens (primary N) is 1. The van der Waals surface area contributed by atoms with Crippen LogP contribution in [0.15, 0.2) is 21.7 Å². The molecule has 0 fully saturated rings. The molecule has 0 radical (unpaired) electrons. The van der Waals surface area contributed by atoms with Crippen molar-refractivity contribution in [2.75, 3.05) is 0 Å². The van der Waals surface area contributed by atoms with Crippen molar-refractivity contribution < 1.29 is 4.55 Å². The number of hydrogen-bond acceptors (Lipinski definition) is 3. The fourth-order valence-electron chi connectivity index (χ4n) is 0.378. The van der Waals surface area contributed by atoms with Crippen LogP contribution in [0.1, 0.15) is 0 Å². The molecule has 0 bridgehead atoms. The number of rotatable bonds is 1. The zero-order valence-corrected chi connectivity index (χ0v) is 5.67. The van der Waals surface area contributed by atoms with E-state index in [1.165, 1.54) is 11.3 Å². The van der Waals surface area contributed by atoms with Crippen LogP contribution in [-0.4, -0.2) is 4.55 Å². The van der Waals surface area contributed by atoms with E-state index in [2.05, 4.69) is 0 Å². The third-order valence-corrected chi connectivity index (χ3v) is 2.67. The first-order valence-electron chi connectivity index (χ1n) is 2.00. The van der Waals surface area contributed by atoms with E-state index >= 15 is 0 Å². The average molecular weight is 147 g/mol. The van der Waals surface area contributed by atoms with Crippen molar-refractivity contribution in [3.63, 3.8) is 0 Å². The molecule has 1 atom stereocenters. The predicted octanol–water partition coefficient (Wildman–Crippen LogP) is 0.729. The fraction of sp³-hybridized carbons (Fsp3) is 0. The lowest BCUT2D eigenvalue weighted by molar-refractivity contribution is 0.598. The van der Waals surface area contributed by atoms with Gasteiger partial charge in [0.1, 0.15) is 0 Å². The van der Waals surface area contributed by atoms with Crippen molar-refractivity contribution in [1.82, 2.24) is 0 Å². The summed E-state index contributed by atoms with van der Waals surface area (Å²) in [6.07, 6.45) is 0. The van der Waals surface area contributed by atoms with Crippen LogP contribution in [0.25, 0.3) is 0 Å². The highest BCUT2D eigenvalue weighted by Crippen LogP contribution is 2.12. The largest absolute Gasteiger partial charge is 0.592 e. The van der Waals surface area contributed by atoms with Crippen LogP contribution in [0.5, 0.6) is 0 Å². The van der Waals surface area contributed by atoms with E-state index < -0.39 is 11.4 Å². The summed E-state index contributed by atoms with van der Waals surface area (Å²) in [6.45, 7) is 0. The van der Waals surface area contributed by atoms with Crippen LogP contribution in [0.3, 0.4) is 0 Å². The van der Waals surface area contributed by atoms with Gasteiger partial charge in [-0.25, -0.2) is 0 Å². The SMILES string of the molecule is N[S+]([O-])c1cccs1. The van der Waals surface area contributed by atoms with Gasteiger partial charge in [0, 0.05) is 6.07 Å². The molecule has 2 nitrogen and oxygen atoms in total.